The summed E-state index contributed by atoms with van der Waals surface area (Å²) in [6.07, 6.45) is 0. The summed E-state index contributed by atoms with van der Waals surface area (Å²) in [4.78, 5) is 1.50. The normalized spacial score (nSPS) is 2.00. The first kappa shape index (κ1) is 8.86. The molecular formula is EuN3-. The van der Waals surface area contributed by atoms with E-state index in [9.17, 15) is 0 Å². The average Bonchev–Trinajstić information content (AvgIpc) is 0.918. The maximum absolute atomic E-state index is 6.75. The largest absolute Gasteiger partial charge is 0.373 e. The van der Waals surface area contributed by atoms with E-state index in [0.717, 1.165) is 0 Å². The van der Waals surface area contributed by atoms with E-state index in [2.05, 4.69) is 0 Å². The molecule has 0 bridgehead atoms. The number of nitrogens with zero attached hydrogens (tertiary/aromatic N) is 3. The van der Waals surface area contributed by atoms with Gasteiger partial charge in [-0.3, -0.25) is 4.91 Å². The standard InChI is InChI=1S/Eu.N3/c;1-3-2/q;-1. The second kappa shape index (κ2) is 9.09. The quantitative estimate of drug-likeness (QED) is 0.312. The van der Waals surface area contributed by atoms with Crippen molar-refractivity contribution in [2.24, 2.45) is 0 Å². The van der Waals surface area contributed by atoms with Crippen LogP contribution >= 0.6 is 0 Å². The monoisotopic (exact) mass is 195 g/mol. The molecule has 0 aliphatic carbocycles. The van der Waals surface area contributed by atoms with Gasteiger partial charge in [-0.2, -0.15) is 0 Å². The van der Waals surface area contributed by atoms with Crippen molar-refractivity contribution in [1.82, 2.24) is 0 Å². The van der Waals surface area contributed by atoms with Gasteiger partial charge in [-0.15, -0.1) is 0 Å². The molecule has 0 heterocycles. The average molecular weight is 194 g/mol. The van der Waals surface area contributed by atoms with Crippen LogP contribution < -0.4 is 0 Å². The van der Waals surface area contributed by atoms with Gasteiger partial charge in [0.15, 0.2) is 0 Å². The molecule has 4 heavy (non-hydrogen) atoms. The van der Waals surface area contributed by atoms with Gasteiger partial charge in [0.2, 0.25) is 0 Å². The molecule has 0 saturated heterocycles. The van der Waals surface area contributed by atoms with Gasteiger partial charge in [0.05, 0.1) is 0 Å². The molecular weight excluding hydrogens is 194 g/mol. The third-order valence-corrected chi connectivity index (χ3v) is 0. The zero-order valence-corrected chi connectivity index (χ0v) is 4.14. The zero-order valence-electron chi connectivity index (χ0n) is 1.72. The van der Waals surface area contributed by atoms with Gasteiger partial charge < -0.3 is 11.1 Å². The van der Waals surface area contributed by atoms with Gasteiger partial charge in [0.1, 0.15) is 0 Å². The minimum absolute atomic E-state index is 0. The van der Waals surface area contributed by atoms with Crippen molar-refractivity contribution in [2.75, 3.05) is 0 Å². The van der Waals surface area contributed by atoms with Gasteiger partial charge >= 0.3 is 0 Å². The molecule has 1 radical (unpaired) electrons. The Morgan fingerprint density at radius 3 is 1.25 bits per heavy atom. The summed E-state index contributed by atoms with van der Waals surface area (Å²) in [5.74, 6) is 0. The van der Waals surface area contributed by atoms with E-state index < -0.39 is 0 Å². The zero-order chi connectivity index (χ0) is 2.71. The van der Waals surface area contributed by atoms with Crippen LogP contribution in [0.4, 0.5) is 0 Å². The predicted molar refractivity (Wildman–Crippen MR) is 10.1 cm³/mol. The molecule has 0 aromatic heterocycles. The molecule has 0 fully saturated rings. The van der Waals surface area contributed by atoms with Gasteiger partial charge in [0.25, 0.3) is 0 Å². The summed E-state index contributed by atoms with van der Waals surface area (Å²) in [5.41, 5.74) is 13.5. The van der Waals surface area contributed by atoms with Crippen molar-refractivity contribution in [3.05, 3.63) is 16.0 Å². The van der Waals surface area contributed by atoms with Gasteiger partial charge in [0, 0.05) is 49.4 Å². The van der Waals surface area contributed by atoms with Crippen LogP contribution in [-0.2, 0) is 0 Å². The molecule has 0 unspecified atom stereocenters. The van der Waals surface area contributed by atoms with E-state index in [1.807, 2.05) is 0 Å². The Morgan fingerprint density at radius 2 is 1.25 bits per heavy atom. The topological polar surface area (TPSA) is 58.7 Å². The van der Waals surface area contributed by atoms with Crippen molar-refractivity contribution in [3.8, 4) is 0 Å². The van der Waals surface area contributed by atoms with Crippen molar-refractivity contribution >= 4 is 0 Å². The number of hydrogen-bond donors (Lipinski definition) is 0. The van der Waals surface area contributed by atoms with Crippen LogP contribution in [0.2, 0.25) is 0 Å². The minimum Gasteiger partial charge on any atom is -0.373 e. The van der Waals surface area contributed by atoms with Crippen LogP contribution in [0.15, 0.2) is 0 Å². The van der Waals surface area contributed by atoms with Gasteiger partial charge in [-0.05, 0) is 0 Å². The second-order valence-corrected chi connectivity index (χ2v) is 0.0894. The molecule has 0 spiro atoms. The molecule has 4 heteroatoms. The summed E-state index contributed by atoms with van der Waals surface area (Å²) in [7, 11) is 0. The molecule has 0 saturated carbocycles. The number of rotatable bonds is 0. The minimum atomic E-state index is 0. The van der Waals surface area contributed by atoms with Crippen LogP contribution in [-0.4, -0.2) is 0 Å². The van der Waals surface area contributed by atoms with E-state index in [-0.39, 0.29) is 49.4 Å². The van der Waals surface area contributed by atoms with Crippen molar-refractivity contribution in [1.29, 1.82) is 0 Å². The fourth-order valence-corrected chi connectivity index (χ4v) is 0. The molecule has 0 aliphatic heterocycles. The first-order valence-electron chi connectivity index (χ1n) is 0.400. The SMILES string of the molecule is [Eu].[N-]=[N+]=[N-]. The van der Waals surface area contributed by atoms with E-state index in [0.29, 0.717) is 0 Å². The second-order valence-electron chi connectivity index (χ2n) is 0.0894. The molecule has 0 aliphatic rings. The number of hydrogen-bond acceptors (Lipinski definition) is 0. The molecule has 0 amide bonds. The van der Waals surface area contributed by atoms with Gasteiger partial charge in [-0.1, -0.05) is 0 Å². The maximum Gasteiger partial charge on any atom is 0 e. The van der Waals surface area contributed by atoms with Gasteiger partial charge in [-0.25, -0.2) is 0 Å². The first-order valence-corrected chi connectivity index (χ1v) is 0.400. The smallest absolute Gasteiger partial charge is 0 e. The Morgan fingerprint density at radius 1 is 1.25 bits per heavy atom. The third-order valence-electron chi connectivity index (χ3n) is 0. The molecule has 0 aromatic rings. The molecule has 0 N–H and O–H groups in total. The van der Waals surface area contributed by atoms with Crippen molar-refractivity contribution in [3.63, 3.8) is 0 Å². The Labute approximate surface area is 64.3 Å². The van der Waals surface area contributed by atoms with Crippen LogP contribution in [0.3, 0.4) is 0 Å². The van der Waals surface area contributed by atoms with E-state index >= 15 is 0 Å². The molecule has 3 nitrogen and oxygen atoms in total. The predicted octanol–water partition coefficient (Wildman–Crippen LogP) is 0.866. The Kier molecular flexibility index (Phi) is 20.1. The van der Waals surface area contributed by atoms with E-state index in [4.69, 9.17) is 11.1 Å². The molecule has 0 atom stereocenters. The third kappa shape index (κ3) is 13.0. The van der Waals surface area contributed by atoms with Crippen molar-refractivity contribution in [2.45, 2.75) is 0 Å². The molecule has 0 aromatic carbocycles. The van der Waals surface area contributed by atoms with Crippen LogP contribution in [0.25, 0.3) is 16.0 Å². The Hall–Kier alpha value is 0.894. The Bertz CT molecular complexity index is 24.3. The van der Waals surface area contributed by atoms with Crippen molar-refractivity contribution < 1.29 is 49.4 Å². The van der Waals surface area contributed by atoms with E-state index in [1.54, 1.807) is 0 Å². The maximum atomic E-state index is 6.75. The Balaban J connectivity index is 0. The van der Waals surface area contributed by atoms with Crippen LogP contribution in [0, 0.1) is 49.4 Å². The summed E-state index contributed by atoms with van der Waals surface area (Å²) in [5, 5.41) is 0. The first-order chi connectivity index (χ1) is 1.41. The summed E-state index contributed by atoms with van der Waals surface area (Å²) in [6.45, 7) is 0. The fraction of sp³-hybridized carbons (Fsp3) is 0. The van der Waals surface area contributed by atoms with E-state index in [1.165, 1.54) is 4.91 Å². The van der Waals surface area contributed by atoms with Crippen LogP contribution in [0.1, 0.15) is 0 Å². The molecule has 23 valence electrons. The summed E-state index contributed by atoms with van der Waals surface area (Å²) < 4.78 is 0. The molecule has 0 rings (SSSR count). The fourth-order valence-electron chi connectivity index (χ4n) is 0. The summed E-state index contributed by atoms with van der Waals surface area (Å²) >= 11 is 0. The summed E-state index contributed by atoms with van der Waals surface area (Å²) in [6, 6.07) is 0. The van der Waals surface area contributed by atoms with Crippen LogP contribution in [0.5, 0.6) is 0 Å².